The number of benzene rings is 1. The van der Waals surface area contributed by atoms with Gasteiger partial charge in [0.2, 0.25) is 0 Å². The Hall–Kier alpha value is -1.07. The van der Waals surface area contributed by atoms with Gasteiger partial charge in [0.1, 0.15) is 11.7 Å². The Morgan fingerprint density at radius 1 is 1.59 bits per heavy atom. The minimum atomic E-state index is -0.365. The second-order valence-corrected chi connectivity index (χ2v) is 5.36. The minimum Gasteiger partial charge on any atom is -0.384 e. The zero-order valence-corrected chi connectivity index (χ0v) is 10.4. The zero-order valence-electron chi connectivity index (χ0n) is 9.57. The van der Waals surface area contributed by atoms with Crippen LogP contribution in [-0.4, -0.2) is 23.8 Å². The van der Waals surface area contributed by atoms with Crippen LogP contribution in [0.5, 0.6) is 0 Å². The molecule has 0 spiro atoms. The standard InChI is InChI=1S/C12H15FN2OS/c1-7-10(4-5-16-7)17-11-3-2-8(13)6-9(11)12(14)15/h2-3,6-7,10H,4-5H2,1H3,(H3,14,15). The van der Waals surface area contributed by atoms with Gasteiger partial charge in [-0.25, -0.2) is 4.39 Å². The molecule has 1 fully saturated rings. The van der Waals surface area contributed by atoms with Gasteiger partial charge in [0, 0.05) is 22.3 Å². The lowest BCUT2D eigenvalue weighted by Gasteiger charge is -2.15. The van der Waals surface area contributed by atoms with Gasteiger partial charge in [-0.05, 0) is 31.5 Å². The molecular weight excluding hydrogens is 239 g/mol. The fourth-order valence-electron chi connectivity index (χ4n) is 1.85. The van der Waals surface area contributed by atoms with Gasteiger partial charge in [-0.1, -0.05) is 0 Å². The number of hydrogen-bond donors (Lipinski definition) is 2. The van der Waals surface area contributed by atoms with E-state index in [1.54, 1.807) is 17.8 Å². The zero-order chi connectivity index (χ0) is 12.4. The van der Waals surface area contributed by atoms with Crippen LogP contribution in [0.2, 0.25) is 0 Å². The molecule has 3 N–H and O–H groups in total. The Labute approximate surface area is 104 Å². The summed E-state index contributed by atoms with van der Waals surface area (Å²) in [5, 5.41) is 7.81. The Balaban J connectivity index is 2.22. The molecule has 2 rings (SSSR count). The first-order valence-electron chi connectivity index (χ1n) is 5.50. The third-order valence-corrected chi connectivity index (χ3v) is 4.35. The Bertz CT molecular complexity index is 439. The van der Waals surface area contributed by atoms with Crippen LogP contribution in [0, 0.1) is 11.2 Å². The van der Waals surface area contributed by atoms with Crippen LogP contribution in [0.4, 0.5) is 4.39 Å². The van der Waals surface area contributed by atoms with Crippen LogP contribution >= 0.6 is 11.8 Å². The van der Waals surface area contributed by atoms with Crippen LogP contribution in [0.3, 0.4) is 0 Å². The van der Waals surface area contributed by atoms with Gasteiger partial charge in [-0.2, -0.15) is 0 Å². The molecule has 17 heavy (non-hydrogen) atoms. The molecule has 1 aromatic rings. The second kappa shape index (κ2) is 5.06. The highest BCUT2D eigenvalue weighted by Gasteiger charge is 2.26. The van der Waals surface area contributed by atoms with Gasteiger partial charge in [0.05, 0.1) is 6.10 Å². The average Bonchev–Trinajstić information content (AvgIpc) is 2.67. The maximum absolute atomic E-state index is 13.1. The number of nitrogens with one attached hydrogen (secondary N) is 1. The van der Waals surface area contributed by atoms with Gasteiger partial charge < -0.3 is 10.5 Å². The van der Waals surface area contributed by atoms with Crippen molar-refractivity contribution in [1.82, 2.24) is 0 Å². The molecule has 0 radical (unpaired) electrons. The lowest BCUT2D eigenvalue weighted by atomic mass is 10.2. The number of thioether (sulfide) groups is 1. The number of nitrogens with two attached hydrogens (primary N) is 1. The largest absolute Gasteiger partial charge is 0.384 e. The van der Waals surface area contributed by atoms with E-state index in [0.29, 0.717) is 10.8 Å². The normalized spacial score (nSPS) is 23.9. The molecule has 0 aromatic heterocycles. The maximum atomic E-state index is 13.1. The van der Waals surface area contributed by atoms with E-state index < -0.39 is 0 Å². The van der Waals surface area contributed by atoms with Crippen LogP contribution in [0.1, 0.15) is 18.9 Å². The molecule has 1 aliphatic rings. The first-order chi connectivity index (χ1) is 8.08. The smallest absolute Gasteiger partial charge is 0.124 e. The summed E-state index contributed by atoms with van der Waals surface area (Å²) in [6.45, 7) is 2.79. The molecular formula is C12H15FN2OS. The van der Waals surface area contributed by atoms with E-state index in [4.69, 9.17) is 15.9 Å². The molecule has 1 aliphatic heterocycles. The van der Waals surface area contributed by atoms with E-state index >= 15 is 0 Å². The van der Waals surface area contributed by atoms with Crippen LogP contribution in [-0.2, 0) is 4.74 Å². The van der Waals surface area contributed by atoms with E-state index in [0.717, 1.165) is 17.9 Å². The van der Waals surface area contributed by atoms with Gasteiger partial charge in [0.25, 0.3) is 0 Å². The number of rotatable bonds is 3. The Kier molecular flexibility index (Phi) is 3.69. The van der Waals surface area contributed by atoms with E-state index in [1.807, 2.05) is 6.92 Å². The van der Waals surface area contributed by atoms with Crippen molar-refractivity contribution in [3.63, 3.8) is 0 Å². The fraction of sp³-hybridized carbons (Fsp3) is 0.417. The van der Waals surface area contributed by atoms with Gasteiger partial charge in [0.15, 0.2) is 0 Å². The van der Waals surface area contributed by atoms with E-state index in [9.17, 15) is 4.39 Å². The maximum Gasteiger partial charge on any atom is 0.124 e. The molecule has 1 heterocycles. The van der Waals surface area contributed by atoms with Crippen molar-refractivity contribution >= 4 is 17.6 Å². The van der Waals surface area contributed by atoms with Crippen molar-refractivity contribution in [2.24, 2.45) is 5.73 Å². The molecule has 1 saturated heterocycles. The number of amidine groups is 1. The topological polar surface area (TPSA) is 59.1 Å². The highest BCUT2D eigenvalue weighted by Crippen LogP contribution is 2.34. The van der Waals surface area contributed by atoms with Gasteiger partial charge in [-0.3, -0.25) is 5.41 Å². The Morgan fingerprint density at radius 2 is 2.35 bits per heavy atom. The van der Waals surface area contributed by atoms with Crippen molar-refractivity contribution < 1.29 is 9.13 Å². The summed E-state index contributed by atoms with van der Waals surface area (Å²) in [5.41, 5.74) is 5.93. The third kappa shape index (κ3) is 2.79. The molecule has 2 unspecified atom stereocenters. The molecule has 1 aromatic carbocycles. The first-order valence-corrected chi connectivity index (χ1v) is 6.38. The van der Waals surface area contributed by atoms with Crippen LogP contribution in [0.15, 0.2) is 23.1 Å². The number of halogens is 1. The number of ether oxygens (including phenoxy) is 1. The molecule has 0 saturated carbocycles. The van der Waals surface area contributed by atoms with E-state index in [1.165, 1.54) is 12.1 Å². The summed E-state index contributed by atoms with van der Waals surface area (Å²) in [7, 11) is 0. The van der Waals surface area contributed by atoms with Gasteiger partial charge >= 0.3 is 0 Å². The first kappa shape index (κ1) is 12.4. The number of nitrogen functional groups attached to an aromatic ring is 1. The molecule has 0 bridgehead atoms. The fourth-order valence-corrected chi connectivity index (χ4v) is 3.10. The highest BCUT2D eigenvalue weighted by molar-refractivity contribution is 8.00. The molecule has 5 heteroatoms. The summed E-state index contributed by atoms with van der Waals surface area (Å²) in [6, 6.07) is 4.39. The minimum absolute atomic E-state index is 0.0985. The van der Waals surface area contributed by atoms with Crippen molar-refractivity contribution in [1.29, 1.82) is 5.41 Å². The summed E-state index contributed by atoms with van der Waals surface area (Å²) in [5.74, 6) is -0.464. The van der Waals surface area contributed by atoms with Crippen molar-refractivity contribution in [2.75, 3.05) is 6.61 Å². The molecule has 92 valence electrons. The molecule has 0 aliphatic carbocycles. The second-order valence-electron chi connectivity index (χ2n) is 4.08. The van der Waals surface area contributed by atoms with E-state index in [2.05, 4.69) is 0 Å². The van der Waals surface area contributed by atoms with Gasteiger partial charge in [-0.15, -0.1) is 11.8 Å². The van der Waals surface area contributed by atoms with Crippen LogP contribution < -0.4 is 5.73 Å². The monoisotopic (exact) mass is 254 g/mol. The van der Waals surface area contributed by atoms with E-state index in [-0.39, 0.29) is 17.8 Å². The predicted molar refractivity (Wildman–Crippen MR) is 67.1 cm³/mol. The average molecular weight is 254 g/mol. The highest BCUT2D eigenvalue weighted by atomic mass is 32.2. The summed E-state index contributed by atoms with van der Waals surface area (Å²) >= 11 is 1.61. The molecule has 2 atom stereocenters. The summed E-state index contributed by atoms with van der Waals surface area (Å²) < 4.78 is 18.6. The third-order valence-electron chi connectivity index (χ3n) is 2.82. The van der Waals surface area contributed by atoms with Crippen molar-refractivity contribution in [2.45, 2.75) is 29.6 Å². The van der Waals surface area contributed by atoms with Crippen LogP contribution in [0.25, 0.3) is 0 Å². The number of hydrogen-bond acceptors (Lipinski definition) is 3. The summed E-state index contributed by atoms with van der Waals surface area (Å²) in [4.78, 5) is 0.848. The predicted octanol–water partition coefficient (Wildman–Crippen LogP) is 2.38. The quantitative estimate of drug-likeness (QED) is 0.643. The van der Waals surface area contributed by atoms with Crippen molar-refractivity contribution in [3.8, 4) is 0 Å². The lowest BCUT2D eigenvalue weighted by molar-refractivity contribution is 0.127. The molecule has 3 nitrogen and oxygen atoms in total. The Morgan fingerprint density at radius 3 is 2.94 bits per heavy atom. The SMILES string of the molecule is CC1OCCC1Sc1ccc(F)cc1C(=N)N. The van der Waals surface area contributed by atoms with Crippen molar-refractivity contribution in [3.05, 3.63) is 29.6 Å². The lowest BCUT2D eigenvalue weighted by Crippen LogP contribution is -2.16. The molecule has 0 amide bonds. The summed E-state index contributed by atoms with van der Waals surface area (Å²) in [6.07, 6.45) is 1.16.